The average molecular weight is 275 g/mol. The molecule has 1 heterocycles. The fraction of sp³-hybridized carbons (Fsp3) is 0.684. The lowest BCUT2D eigenvalue weighted by Gasteiger charge is -2.27. The van der Waals surface area contributed by atoms with Gasteiger partial charge in [0.2, 0.25) is 0 Å². The highest BCUT2D eigenvalue weighted by atomic mass is 15.1. The van der Waals surface area contributed by atoms with Crippen molar-refractivity contribution in [2.75, 3.05) is 19.6 Å². The van der Waals surface area contributed by atoms with Gasteiger partial charge >= 0.3 is 0 Å². The van der Waals surface area contributed by atoms with Crippen molar-refractivity contribution < 1.29 is 0 Å². The number of likely N-dealkylation sites (tertiary alicyclic amines) is 1. The molecule has 0 radical (unpaired) electrons. The summed E-state index contributed by atoms with van der Waals surface area (Å²) in [5.41, 5.74) is 3.05. The van der Waals surface area contributed by atoms with Crippen LogP contribution in [-0.4, -0.2) is 24.5 Å². The molecular formula is C19H33N. The number of hydrogen-bond acceptors (Lipinski definition) is 1. The highest BCUT2D eigenvalue weighted by Crippen LogP contribution is 2.21. The van der Waals surface area contributed by atoms with E-state index in [9.17, 15) is 0 Å². The van der Waals surface area contributed by atoms with E-state index in [4.69, 9.17) is 0 Å². The Kier molecular flexibility index (Phi) is 9.40. The minimum absolute atomic E-state index is 1.14. The molecule has 1 saturated heterocycles. The van der Waals surface area contributed by atoms with E-state index in [0.717, 1.165) is 6.54 Å². The zero-order chi connectivity index (χ0) is 14.6. The molecule has 0 N–H and O–H groups in total. The maximum atomic E-state index is 2.61. The van der Waals surface area contributed by atoms with Gasteiger partial charge in [-0.15, -0.1) is 0 Å². The van der Waals surface area contributed by atoms with Crippen molar-refractivity contribution in [1.82, 2.24) is 4.90 Å². The first kappa shape index (κ1) is 17.2. The van der Waals surface area contributed by atoms with Crippen LogP contribution in [-0.2, 0) is 0 Å². The molecule has 1 fully saturated rings. The number of allylic oxidation sites excluding steroid dienone is 4. The zero-order valence-electron chi connectivity index (χ0n) is 13.8. The highest BCUT2D eigenvalue weighted by Gasteiger charge is 2.11. The second-order valence-electron chi connectivity index (χ2n) is 5.58. The number of hydrogen-bond donors (Lipinski definition) is 0. The van der Waals surface area contributed by atoms with Crippen molar-refractivity contribution in [3.63, 3.8) is 0 Å². The third-order valence-electron chi connectivity index (χ3n) is 3.93. The van der Waals surface area contributed by atoms with Crippen molar-refractivity contribution in [3.05, 3.63) is 35.5 Å². The Balaban J connectivity index is 0.000000956. The third-order valence-corrected chi connectivity index (χ3v) is 3.93. The van der Waals surface area contributed by atoms with Crippen LogP contribution in [0.4, 0.5) is 0 Å². The van der Waals surface area contributed by atoms with Gasteiger partial charge in [0.25, 0.3) is 0 Å². The normalized spacial score (nSPS) is 21.4. The fourth-order valence-electron chi connectivity index (χ4n) is 2.97. The molecule has 1 nitrogen and oxygen atoms in total. The summed E-state index contributed by atoms with van der Waals surface area (Å²) in [5, 5.41) is 0. The molecule has 0 aromatic rings. The van der Waals surface area contributed by atoms with E-state index in [1.165, 1.54) is 63.6 Å². The molecule has 0 aromatic carbocycles. The van der Waals surface area contributed by atoms with Crippen molar-refractivity contribution in [2.24, 2.45) is 0 Å². The molecule has 0 unspecified atom stereocenters. The summed E-state index contributed by atoms with van der Waals surface area (Å²) < 4.78 is 0. The maximum absolute atomic E-state index is 2.61. The molecule has 0 amide bonds. The van der Waals surface area contributed by atoms with E-state index in [0.29, 0.717) is 0 Å². The van der Waals surface area contributed by atoms with Gasteiger partial charge in [0.15, 0.2) is 0 Å². The predicted octanol–water partition coefficient (Wildman–Crippen LogP) is 5.50. The number of nitrogens with zero attached hydrogens (tertiary/aromatic N) is 1. The molecule has 2 aliphatic rings. The molecule has 114 valence electrons. The maximum Gasteiger partial charge on any atom is 0.0233 e. The Hall–Kier alpha value is -0.820. The lowest BCUT2D eigenvalue weighted by atomic mass is 9.97. The first-order chi connectivity index (χ1) is 9.88. The van der Waals surface area contributed by atoms with E-state index in [1.54, 1.807) is 5.57 Å². The van der Waals surface area contributed by atoms with Crippen LogP contribution < -0.4 is 0 Å². The highest BCUT2D eigenvalue weighted by molar-refractivity contribution is 5.31. The Morgan fingerprint density at radius 2 is 1.85 bits per heavy atom. The first-order valence-corrected chi connectivity index (χ1v) is 8.63. The van der Waals surface area contributed by atoms with Crippen LogP contribution in [0.15, 0.2) is 35.5 Å². The minimum Gasteiger partial charge on any atom is -0.299 e. The molecule has 0 saturated carbocycles. The van der Waals surface area contributed by atoms with Crippen LogP contribution >= 0.6 is 0 Å². The van der Waals surface area contributed by atoms with Gasteiger partial charge in [-0.2, -0.15) is 0 Å². The minimum atomic E-state index is 1.14. The summed E-state index contributed by atoms with van der Waals surface area (Å²) >= 11 is 0. The van der Waals surface area contributed by atoms with Gasteiger partial charge in [0, 0.05) is 6.54 Å². The summed E-state index contributed by atoms with van der Waals surface area (Å²) in [5.74, 6) is 0. The summed E-state index contributed by atoms with van der Waals surface area (Å²) in [6, 6.07) is 0. The van der Waals surface area contributed by atoms with Gasteiger partial charge in [-0.25, -0.2) is 0 Å². The fourth-order valence-corrected chi connectivity index (χ4v) is 2.97. The van der Waals surface area contributed by atoms with Crippen LogP contribution in [0, 0.1) is 0 Å². The topological polar surface area (TPSA) is 3.24 Å². The van der Waals surface area contributed by atoms with Crippen LogP contribution in [0.25, 0.3) is 0 Å². The van der Waals surface area contributed by atoms with Crippen molar-refractivity contribution in [3.8, 4) is 0 Å². The molecule has 1 aliphatic carbocycles. The molecule has 0 atom stereocenters. The quantitative estimate of drug-likeness (QED) is 0.612. The van der Waals surface area contributed by atoms with E-state index in [2.05, 4.69) is 36.1 Å². The average Bonchev–Trinajstić information content (AvgIpc) is 2.51. The molecule has 1 heteroatoms. The van der Waals surface area contributed by atoms with E-state index >= 15 is 0 Å². The van der Waals surface area contributed by atoms with Crippen molar-refractivity contribution in [1.29, 1.82) is 0 Å². The zero-order valence-corrected chi connectivity index (χ0v) is 13.8. The largest absolute Gasteiger partial charge is 0.299 e. The van der Waals surface area contributed by atoms with E-state index in [-0.39, 0.29) is 0 Å². The predicted molar refractivity (Wildman–Crippen MR) is 91.1 cm³/mol. The van der Waals surface area contributed by atoms with Gasteiger partial charge in [0.05, 0.1) is 0 Å². The summed E-state index contributed by atoms with van der Waals surface area (Å²) in [6.07, 6.45) is 18.8. The van der Waals surface area contributed by atoms with Crippen molar-refractivity contribution >= 4 is 0 Å². The summed E-state index contributed by atoms with van der Waals surface area (Å²) in [4.78, 5) is 2.61. The van der Waals surface area contributed by atoms with Gasteiger partial charge in [0.1, 0.15) is 0 Å². The molecule has 20 heavy (non-hydrogen) atoms. The van der Waals surface area contributed by atoms with Gasteiger partial charge in [-0.1, -0.05) is 50.1 Å². The number of rotatable bonds is 4. The second-order valence-corrected chi connectivity index (χ2v) is 5.58. The van der Waals surface area contributed by atoms with Gasteiger partial charge in [-0.05, 0) is 64.1 Å². The number of piperidine rings is 1. The lowest BCUT2D eigenvalue weighted by molar-refractivity contribution is 0.248. The Bertz CT molecular complexity index is 330. The molecule has 1 aliphatic heterocycles. The van der Waals surface area contributed by atoms with E-state index < -0.39 is 0 Å². The SMILES string of the molecule is C/C=C\C(=C/C1=CCCCC1)CN1CCCCC1.CC. The molecule has 0 bridgehead atoms. The Labute approximate surface area is 126 Å². The van der Waals surface area contributed by atoms with Crippen LogP contribution in [0.1, 0.15) is 65.7 Å². The van der Waals surface area contributed by atoms with Crippen LogP contribution in [0.3, 0.4) is 0 Å². The Morgan fingerprint density at radius 3 is 2.45 bits per heavy atom. The summed E-state index contributed by atoms with van der Waals surface area (Å²) in [6.45, 7) is 9.84. The van der Waals surface area contributed by atoms with Crippen LogP contribution in [0.2, 0.25) is 0 Å². The van der Waals surface area contributed by atoms with Crippen molar-refractivity contribution in [2.45, 2.75) is 65.7 Å². The lowest BCUT2D eigenvalue weighted by Crippen LogP contribution is -2.31. The van der Waals surface area contributed by atoms with Gasteiger partial charge in [-0.3, -0.25) is 4.90 Å². The Morgan fingerprint density at radius 1 is 1.10 bits per heavy atom. The third kappa shape index (κ3) is 6.56. The molecule has 0 aromatic heterocycles. The monoisotopic (exact) mass is 275 g/mol. The smallest absolute Gasteiger partial charge is 0.0233 e. The standard InChI is InChI=1S/C17H27N.C2H6/c1-2-9-17(14-16-10-5-3-6-11-16)15-18-12-7-4-8-13-18;1-2/h2,9-10,14H,3-8,11-13,15H2,1H3;1-2H3/b9-2-,17-14+;. The van der Waals surface area contributed by atoms with Gasteiger partial charge < -0.3 is 0 Å². The molecule has 2 rings (SSSR count). The first-order valence-electron chi connectivity index (χ1n) is 8.63. The second kappa shape index (κ2) is 10.9. The van der Waals surface area contributed by atoms with Crippen LogP contribution in [0.5, 0.6) is 0 Å². The molecular weight excluding hydrogens is 242 g/mol. The molecule has 0 spiro atoms. The van der Waals surface area contributed by atoms with E-state index in [1.807, 2.05) is 13.8 Å². The summed E-state index contributed by atoms with van der Waals surface area (Å²) in [7, 11) is 0.